The lowest BCUT2D eigenvalue weighted by Gasteiger charge is -2.28. The average Bonchev–Trinajstić information content (AvgIpc) is 2.91. The molecule has 1 aliphatic heterocycles. The number of hydrogen-bond donors (Lipinski definition) is 1. The second-order valence-electron chi connectivity index (χ2n) is 4.76. The van der Waals surface area contributed by atoms with E-state index in [-0.39, 0.29) is 0 Å². The molecule has 8 heteroatoms. The minimum absolute atomic E-state index is 0.546. The van der Waals surface area contributed by atoms with Gasteiger partial charge in [0.05, 0.1) is 31.3 Å². The number of nitrogens with zero attached hydrogens (tertiary/aromatic N) is 5. The molecule has 2 N–H and O–H groups in total. The summed E-state index contributed by atoms with van der Waals surface area (Å²) in [7, 11) is 0. The summed E-state index contributed by atoms with van der Waals surface area (Å²) in [6.45, 7) is 6.49. The normalized spacial score (nSPS) is 15.8. The third kappa shape index (κ3) is 2.97. The lowest BCUT2D eigenvalue weighted by Crippen LogP contribution is -2.37. The summed E-state index contributed by atoms with van der Waals surface area (Å²) in [5.41, 5.74) is 6.52. The number of fused-ring (bicyclic) bond motifs is 1. The summed E-state index contributed by atoms with van der Waals surface area (Å²) in [5, 5.41) is 6.20. The van der Waals surface area contributed by atoms with Crippen LogP contribution in [0.3, 0.4) is 0 Å². The smallest absolute Gasteiger partial charge is 0.191 e. The van der Waals surface area contributed by atoms with Crippen molar-refractivity contribution in [1.82, 2.24) is 19.7 Å². The van der Waals surface area contributed by atoms with Gasteiger partial charge in [-0.15, -0.1) is 0 Å². The number of nitrogens with two attached hydrogens (primary N) is 1. The molecule has 3 rings (SSSR count). The Bertz CT molecular complexity index is 610. The molecule has 7 nitrogen and oxygen atoms in total. The monoisotopic (exact) mass is 308 g/mol. The van der Waals surface area contributed by atoms with Crippen LogP contribution in [0.2, 0.25) is 0 Å². The molecule has 0 spiro atoms. The molecule has 0 atom stereocenters. The minimum atomic E-state index is 0.546. The van der Waals surface area contributed by atoms with Gasteiger partial charge in [-0.1, -0.05) is 18.7 Å². The van der Waals surface area contributed by atoms with Gasteiger partial charge in [0, 0.05) is 19.6 Å². The molecule has 1 saturated heterocycles. The molecule has 0 radical (unpaired) electrons. The molecule has 0 unspecified atom stereocenters. The van der Waals surface area contributed by atoms with E-state index in [9.17, 15) is 0 Å². The third-order valence-corrected chi connectivity index (χ3v) is 4.11. The number of hydrogen-bond acceptors (Lipinski definition) is 7. The van der Waals surface area contributed by atoms with Gasteiger partial charge < -0.3 is 15.4 Å². The van der Waals surface area contributed by atoms with Crippen LogP contribution in [0, 0.1) is 0 Å². The van der Waals surface area contributed by atoms with Gasteiger partial charge in [-0.2, -0.15) is 5.10 Å². The molecule has 21 heavy (non-hydrogen) atoms. The van der Waals surface area contributed by atoms with Gasteiger partial charge in [-0.05, 0) is 5.75 Å². The Kier molecular flexibility index (Phi) is 4.57. The quantitative estimate of drug-likeness (QED) is 0.644. The first kappa shape index (κ1) is 14.6. The second kappa shape index (κ2) is 6.59. The van der Waals surface area contributed by atoms with Crippen molar-refractivity contribution in [2.24, 2.45) is 5.73 Å². The number of aromatic nitrogens is 4. The largest absolute Gasteiger partial charge is 0.378 e. The van der Waals surface area contributed by atoms with Crippen molar-refractivity contribution in [1.29, 1.82) is 0 Å². The summed E-state index contributed by atoms with van der Waals surface area (Å²) >= 11 is 1.65. The van der Waals surface area contributed by atoms with Crippen LogP contribution >= 0.6 is 11.8 Å². The highest BCUT2D eigenvalue weighted by Gasteiger charge is 2.19. The molecule has 0 amide bonds. The summed E-state index contributed by atoms with van der Waals surface area (Å²) in [5.74, 6) is 1.90. The van der Waals surface area contributed by atoms with Crippen LogP contribution in [0.15, 0.2) is 11.4 Å². The minimum Gasteiger partial charge on any atom is -0.378 e. The Morgan fingerprint density at radius 1 is 1.33 bits per heavy atom. The van der Waals surface area contributed by atoms with Gasteiger partial charge >= 0.3 is 0 Å². The van der Waals surface area contributed by atoms with Gasteiger partial charge in [0.2, 0.25) is 0 Å². The predicted molar refractivity (Wildman–Crippen MR) is 83.8 cm³/mol. The van der Waals surface area contributed by atoms with E-state index in [4.69, 9.17) is 15.5 Å². The van der Waals surface area contributed by atoms with Crippen LogP contribution in [0.4, 0.5) is 5.82 Å². The van der Waals surface area contributed by atoms with Crippen molar-refractivity contribution in [2.45, 2.75) is 18.6 Å². The van der Waals surface area contributed by atoms with E-state index in [0.29, 0.717) is 13.1 Å². The maximum Gasteiger partial charge on any atom is 0.191 e. The fraction of sp³-hybridized carbons (Fsp3) is 0.615. The highest BCUT2D eigenvalue weighted by Crippen LogP contribution is 2.27. The average molecular weight is 308 g/mol. The van der Waals surface area contributed by atoms with Gasteiger partial charge in [0.25, 0.3) is 0 Å². The SMILES string of the molecule is CCSc1nc(N2CCOCC2)c2cnn(CCN)c2n1. The number of ether oxygens (including phenoxy) is 1. The van der Waals surface area contributed by atoms with Crippen LogP contribution in [-0.4, -0.2) is 58.3 Å². The van der Waals surface area contributed by atoms with E-state index >= 15 is 0 Å². The van der Waals surface area contributed by atoms with Crippen molar-refractivity contribution >= 4 is 28.6 Å². The maximum atomic E-state index is 5.65. The maximum absolute atomic E-state index is 5.65. The van der Waals surface area contributed by atoms with Gasteiger partial charge in [0.15, 0.2) is 10.8 Å². The van der Waals surface area contributed by atoms with E-state index in [2.05, 4.69) is 21.9 Å². The Hall–Kier alpha value is -1.38. The number of morpholine rings is 1. The van der Waals surface area contributed by atoms with Crippen molar-refractivity contribution in [3.8, 4) is 0 Å². The Balaban J connectivity index is 2.07. The van der Waals surface area contributed by atoms with E-state index in [1.54, 1.807) is 11.8 Å². The van der Waals surface area contributed by atoms with E-state index in [1.807, 2.05) is 10.9 Å². The van der Waals surface area contributed by atoms with E-state index in [0.717, 1.165) is 54.1 Å². The number of anilines is 1. The van der Waals surface area contributed by atoms with E-state index < -0.39 is 0 Å². The van der Waals surface area contributed by atoms with Crippen LogP contribution < -0.4 is 10.6 Å². The highest BCUT2D eigenvalue weighted by molar-refractivity contribution is 7.99. The zero-order chi connectivity index (χ0) is 14.7. The topological polar surface area (TPSA) is 82.1 Å². The summed E-state index contributed by atoms with van der Waals surface area (Å²) < 4.78 is 7.29. The Labute approximate surface area is 127 Å². The number of thioether (sulfide) groups is 1. The van der Waals surface area contributed by atoms with Crippen LogP contribution in [-0.2, 0) is 11.3 Å². The molecule has 1 aliphatic rings. The molecule has 0 aromatic carbocycles. The van der Waals surface area contributed by atoms with Gasteiger partial charge in [0.1, 0.15) is 5.82 Å². The molecule has 2 aromatic rings. The first-order valence-electron chi connectivity index (χ1n) is 7.22. The van der Waals surface area contributed by atoms with E-state index in [1.165, 1.54) is 0 Å². The molecule has 1 fully saturated rings. The summed E-state index contributed by atoms with van der Waals surface area (Å²) in [6.07, 6.45) is 1.84. The Morgan fingerprint density at radius 2 is 2.14 bits per heavy atom. The molecule has 0 bridgehead atoms. The molecular formula is C13H20N6OS. The van der Waals surface area contributed by atoms with Crippen molar-refractivity contribution in [2.75, 3.05) is 43.5 Å². The van der Waals surface area contributed by atoms with Crippen LogP contribution in [0.5, 0.6) is 0 Å². The first-order valence-corrected chi connectivity index (χ1v) is 8.21. The lowest BCUT2D eigenvalue weighted by atomic mass is 10.3. The van der Waals surface area contributed by atoms with Crippen molar-refractivity contribution in [3.63, 3.8) is 0 Å². The van der Waals surface area contributed by atoms with Crippen LogP contribution in [0.1, 0.15) is 6.92 Å². The van der Waals surface area contributed by atoms with Gasteiger partial charge in [-0.25, -0.2) is 14.6 Å². The zero-order valence-electron chi connectivity index (χ0n) is 12.2. The molecule has 2 aromatic heterocycles. The molecular weight excluding hydrogens is 288 g/mol. The molecule has 0 aliphatic carbocycles. The highest BCUT2D eigenvalue weighted by atomic mass is 32.2. The fourth-order valence-corrected chi connectivity index (χ4v) is 2.98. The molecule has 3 heterocycles. The summed E-state index contributed by atoms with van der Waals surface area (Å²) in [6, 6.07) is 0. The first-order chi connectivity index (χ1) is 10.3. The standard InChI is InChI=1S/C13H20N6OS/c1-2-21-13-16-11(18-5-7-20-8-6-18)10-9-15-19(4-3-14)12(10)17-13/h9H,2-8,14H2,1H3. The molecule has 0 saturated carbocycles. The fourth-order valence-electron chi connectivity index (χ4n) is 2.42. The Morgan fingerprint density at radius 3 is 2.86 bits per heavy atom. The number of rotatable bonds is 5. The lowest BCUT2D eigenvalue weighted by molar-refractivity contribution is 0.122. The van der Waals surface area contributed by atoms with Gasteiger partial charge in [-0.3, -0.25) is 0 Å². The van der Waals surface area contributed by atoms with Crippen LogP contribution in [0.25, 0.3) is 11.0 Å². The summed E-state index contributed by atoms with van der Waals surface area (Å²) in [4.78, 5) is 11.6. The molecule has 114 valence electrons. The van der Waals surface area contributed by atoms with Crippen molar-refractivity contribution < 1.29 is 4.74 Å². The van der Waals surface area contributed by atoms with Crippen molar-refractivity contribution in [3.05, 3.63) is 6.20 Å². The zero-order valence-corrected chi connectivity index (χ0v) is 13.0. The second-order valence-corrected chi connectivity index (χ2v) is 5.99. The third-order valence-electron chi connectivity index (χ3n) is 3.38. The predicted octanol–water partition coefficient (Wildman–Crippen LogP) is 0.734.